The minimum atomic E-state index is -4.31. The number of rotatable bonds is 8. The summed E-state index contributed by atoms with van der Waals surface area (Å²) >= 11 is 0. The van der Waals surface area contributed by atoms with Crippen LogP contribution in [0, 0.1) is 11.8 Å². The first-order chi connectivity index (χ1) is 15.7. The Morgan fingerprint density at radius 2 is 1.85 bits per heavy atom. The molecule has 1 aromatic heterocycles. The van der Waals surface area contributed by atoms with Gasteiger partial charge < -0.3 is 10.4 Å². The molecule has 0 unspecified atom stereocenters. The number of anilines is 2. The van der Waals surface area contributed by atoms with Gasteiger partial charge in [0.1, 0.15) is 16.2 Å². The zero-order valence-corrected chi connectivity index (χ0v) is 21.3. The number of aromatic hydroxyl groups is 1. The molecule has 2 heterocycles. The molecule has 0 saturated heterocycles. The van der Waals surface area contributed by atoms with Crippen LogP contribution in [0.15, 0.2) is 32.3 Å². The number of fused-ring (bicyclic) bond motifs is 1. The third kappa shape index (κ3) is 5.76. The van der Waals surface area contributed by atoms with Crippen LogP contribution in [0.3, 0.4) is 0 Å². The van der Waals surface area contributed by atoms with Crippen LogP contribution in [0.25, 0.3) is 0 Å². The number of nitrogens with zero attached hydrogens (tertiary/aromatic N) is 3. The Bertz CT molecular complexity index is 1410. The first-order valence-corrected chi connectivity index (χ1v) is 14.1. The third-order valence-electron chi connectivity index (χ3n) is 4.98. The molecular weight excluding hydrogens is 482 g/mol. The molecule has 0 bridgehead atoms. The Hall–Kier alpha value is -2.93. The minimum Gasteiger partial charge on any atom is -0.505 e. The summed E-state index contributed by atoms with van der Waals surface area (Å²) in [6.45, 7) is 8.17. The largest absolute Gasteiger partial charge is 0.505 e. The highest BCUT2D eigenvalue weighted by molar-refractivity contribution is 7.92. The summed E-state index contributed by atoms with van der Waals surface area (Å²) < 4.78 is 56.1. The zero-order valence-electron chi connectivity index (χ0n) is 19.7. The molecular formula is C21H29N5O6S2. The molecule has 0 fully saturated rings. The number of amidine groups is 1. The van der Waals surface area contributed by atoms with Gasteiger partial charge in [0.2, 0.25) is 10.0 Å². The van der Waals surface area contributed by atoms with Crippen LogP contribution in [0.5, 0.6) is 5.75 Å². The number of nitrogens with one attached hydrogen (secondary N) is 2. The smallest absolute Gasteiger partial charge is 0.286 e. The van der Waals surface area contributed by atoms with Crippen molar-refractivity contribution in [2.24, 2.45) is 16.2 Å². The molecule has 186 valence electrons. The summed E-state index contributed by atoms with van der Waals surface area (Å²) in [5, 5.41) is 18.0. The monoisotopic (exact) mass is 511 g/mol. The van der Waals surface area contributed by atoms with Crippen LogP contribution >= 0.6 is 0 Å². The fourth-order valence-electron chi connectivity index (χ4n) is 3.43. The average Bonchev–Trinajstić information content (AvgIpc) is 2.68. The van der Waals surface area contributed by atoms with Crippen LogP contribution in [0.1, 0.15) is 45.4 Å². The molecule has 1 aliphatic rings. The van der Waals surface area contributed by atoms with Crippen molar-refractivity contribution in [3.8, 4) is 5.75 Å². The van der Waals surface area contributed by atoms with Gasteiger partial charge >= 0.3 is 0 Å². The van der Waals surface area contributed by atoms with E-state index in [1.165, 1.54) is 16.8 Å². The minimum absolute atomic E-state index is 0.0484. The van der Waals surface area contributed by atoms with E-state index in [0.717, 1.165) is 12.3 Å². The van der Waals surface area contributed by atoms with Gasteiger partial charge in [-0.25, -0.2) is 13.1 Å². The maximum absolute atomic E-state index is 13.2. The molecule has 0 atom stereocenters. The van der Waals surface area contributed by atoms with Crippen molar-refractivity contribution in [2.45, 2.75) is 52.0 Å². The van der Waals surface area contributed by atoms with E-state index in [2.05, 4.69) is 19.5 Å². The number of aromatic nitrogens is 2. The molecule has 13 heteroatoms. The standard InChI is InChI=1S/C21H29N5O6S2/c1-12(2)8-9-26-21(28)18(19(27)16(23-26)10-13(3)4)20-22-15-7-6-14(24-33(5,29)30)11-17(15)34(31,32)25-20/h6-7,11-13,24,27H,8-10H2,1-5H3,(H,22,25). The van der Waals surface area contributed by atoms with E-state index in [4.69, 9.17) is 0 Å². The quantitative estimate of drug-likeness (QED) is 0.486. The number of benzene rings is 1. The van der Waals surface area contributed by atoms with Gasteiger partial charge in [-0.2, -0.15) is 13.5 Å². The highest BCUT2D eigenvalue weighted by atomic mass is 32.2. The molecule has 0 radical (unpaired) electrons. The second-order valence-corrected chi connectivity index (χ2v) is 12.4. The molecule has 0 aliphatic carbocycles. The Morgan fingerprint density at radius 1 is 1.18 bits per heavy atom. The van der Waals surface area contributed by atoms with Gasteiger partial charge in [-0.15, -0.1) is 4.40 Å². The lowest BCUT2D eigenvalue weighted by molar-refractivity contribution is 0.421. The molecule has 2 aromatic rings. The third-order valence-corrected chi connectivity index (χ3v) is 6.91. The van der Waals surface area contributed by atoms with Gasteiger partial charge in [0.15, 0.2) is 11.6 Å². The van der Waals surface area contributed by atoms with Gasteiger partial charge in [-0.05, 0) is 42.9 Å². The van der Waals surface area contributed by atoms with Crippen LogP contribution in [0.2, 0.25) is 0 Å². The van der Waals surface area contributed by atoms with E-state index in [1.807, 2.05) is 27.7 Å². The van der Waals surface area contributed by atoms with Crippen LogP contribution in [-0.4, -0.2) is 43.8 Å². The first kappa shape index (κ1) is 25.7. The van der Waals surface area contributed by atoms with Crippen molar-refractivity contribution in [3.05, 3.63) is 39.8 Å². The van der Waals surface area contributed by atoms with Crippen molar-refractivity contribution in [2.75, 3.05) is 16.3 Å². The maximum atomic E-state index is 13.2. The van der Waals surface area contributed by atoms with Crippen molar-refractivity contribution in [1.29, 1.82) is 0 Å². The normalized spacial score (nSPS) is 15.1. The molecule has 34 heavy (non-hydrogen) atoms. The maximum Gasteiger partial charge on any atom is 0.286 e. The van der Waals surface area contributed by atoms with Crippen LogP contribution < -0.4 is 15.6 Å². The first-order valence-electron chi connectivity index (χ1n) is 10.7. The predicted molar refractivity (Wildman–Crippen MR) is 130 cm³/mol. The summed E-state index contributed by atoms with van der Waals surface area (Å²) in [6.07, 6.45) is 1.98. The van der Waals surface area contributed by atoms with E-state index in [1.54, 1.807) is 0 Å². The van der Waals surface area contributed by atoms with Crippen molar-refractivity contribution in [1.82, 2.24) is 9.78 Å². The zero-order chi connectivity index (χ0) is 25.4. The number of hydrogen-bond donors (Lipinski definition) is 3. The summed E-state index contributed by atoms with van der Waals surface area (Å²) in [5.74, 6) is -0.315. The second-order valence-electron chi connectivity index (χ2n) is 9.10. The number of aryl methyl sites for hydroxylation is 1. The van der Waals surface area contributed by atoms with Crippen LogP contribution in [-0.2, 0) is 33.0 Å². The highest BCUT2D eigenvalue weighted by Crippen LogP contribution is 2.32. The van der Waals surface area contributed by atoms with E-state index in [-0.39, 0.29) is 39.3 Å². The summed E-state index contributed by atoms with van der Waals surface area (Å²) in [7, 11) is -7.94. The molecule has 1 aliphatic heterocycles. The SMILES string of the molecule is CC(C)CCn1nc(CC(C)C)c(O)c(C2=NS(=O)(=O)c3cc(NS(C)(=O)=O)ccc3N2)c1=O. The molecule has 11 nitrogen and oxygen atoms in total. The van der Waals surface area contributed by atoms with E-state index in [0.29, 0.717) is 25.3 Å². The van der Waals surface area contributed by atoms with Crippen molar-refractivity contribution >= 4 is 37.3 Å². The van der Waals surface area contributed by atoms with Gasteiger partial charge in [0.25, 0.3) is 15.6 Å². The summed E-state index contributed by atoms with van der Waals surface area (Å²) in [5.41, 5.74) is -0.521. The Morgan fingerprint density at radius 3 is 2.44 bits per heavy atom. The molecule has 0 spiro atoms. The Balaban J connectivity index is 2.15. The molecule has 0 amide bonds. The predicted octanol–water partition coefficient (Wildman–Crippen LogP) is 2.13. The molecule has 0 saturated carbocycles. The molecule has 3 N–H and O–H groups in total. The lowest BCUT2D eigenvalue weighted by Gasteiger charge is -2.21. The van der Waals surface area contributed by atoms with E-state index in [9.17, 15) is 26.7 Å². The van der Waals surface area contributed by atoms with E-state index < -0.39 is 31.4 Å². The fourth-order valence-corrected chi connectivity index (χ4v) is 5.13. The Kier molecular flexibility index (Phi) is 7.08. The topological polar surface area (TPSA) is 160 Å². The molecule has 3 rings (SSSR count). The number of sulfonamides is 2. The van der Waals surface area contributed by atoms with Crippen molar-refractivity contribution < 1.29 is 21.9 Å². The average molecular weight is 512 g/mol. The second kappa shape index (κ2) is 9.37. The lowest BCUT2D eigenvalue weighted by atomic mass is 10.0. The highest BCUT2D eigenvalue weighted by Gasteiger charge is 2.31. The van der Waals surface area contributed by atoms with Crippen LogP contribution in [0.4, 0.5) is 11.4 Å². The molecule has 1 aromatic carbocycles. The fraction of sp³-hybridized carbons (Fsp3) is 0.476. The van der Waals surface area contributed by atoms with Gasteiger partial charge in [-0.1, -0.05) is 27.7 Å². The Labute approximate surface area is 199 Å². The van der Waals surface area contributed by atoms with Gasteiger partial charge in [0, 0.05) is 12.2 Å². The summed E-state index contributed by atoms with van der Waals surface area (Å²) in [6, 6.07) is 3.87. The van der Waals surface area contributed by atoms with Crippen molar-refractivity contribution in [3.63, 3.8) is 0 Å². The number of hydrogen-bond acceptors (Lipinski definition) is 8. The van der Waals surface area contributed by atoms with Gasteiger partial charge in [-0.3, -0.25) is 9.52 Å². The van der Waals surface area contributed by atoms with E-state index >= 15 is 0 Å². The van der Waals surface area contributed by atoms with Gasteiger partial charge in [0.05, 0.1) is 11.9 Å². The lowest BCUT2D eigenvalue weighted by Crippen LogP contribution is -2.35. The summed E-state index contributed by atoms with van der Waals surface area (Å²) in [4.78, 5) is 13.0.